The maximum atomic E-state index is 4.43. The Kier molecular flexibility index (Phi) is 9.70. The van der Waals surface area contributed by atoms with Gasteiger partial charge in [0.1, 0.15) is 13.1 Å². The molecule has 2 aliphatic heterocycles. The van der Waals surface area contributed by atoms with Gasteiger partial charge in [-0.3, -0.25) is 0 Å². The molecular weight excluding hydrogens is 598 g/mol. The minimum Gasteiger partial charge on any atom is -1.00 e. The summed E-state index contributed by atoms with van der Waals surface area (Å²) in [5, 5.41) is 8.86. The average Bonchev–Trinajstić information content (AvgIpc) is 3.31. The van der Waals surface area contributed by atoms with E-state index < -0.39 is 0 Å². The van der Waals surface area contributed by atoms with Gasteiger partial charge in [0, 0.05) is 36.8 Å². The summed E-state index contributed by atoms with van der Waals surface area (Å²) in [6, 6.07) is 17.2. The number of benzene rings is 2. The van der Waals surface area contributed by atoms with Crippen molar-refractivity contribution >= 4 is 11.4 Å². The summed E-state index contributed by atoms with van der Waals surface area (Å²) < 4.78 is 2.34. The number of rotatable bonds is 6. The molecular formula is C24H34I2N4. The van der Waals surface area contributed by atoms with Crippen LogP contribution in [0.4, 0.5) is 11.4 Å². The Hall–Kier alpha value is -0.580. The van der Waals surface area contributed by atoms with Gasteiger partial charge in [-0.1, -0.05) is 24.3 Å². The predicted molar refractivity (Wildman–Crippen MR) is 115 cm³/mol. The van der Waals surface area contributed by atoms with Gasteiger partial charge in [-0.05, 0) is 24.3 Å². The first-order chi connectivity index (χ1) is 13.5. The van der Waals surface area contributed by atoms with Crippen molar-refractivity contribution in [2.24, 2.45) is 10.2 Å². The maximum absolute atomic E-state index is 4.43. The van der Waals surface area contributed by atoms with Gasteiger partial charge in [0.15, 0.2) is 0 Å². The van der Waals surface area contributed by atoms with Crippen LogP contribution in [0.3, 0.4) is 0 Å². The molecule has 2 heterocycles. The lowest BCUT2D eigenvalue weighted by Gasteiger charge is -2.29. The van der Waals surface area contributed by atoms with Crippen LogP contribution < -0.4 is 48.0 Å². The Bertz CT molecular complexity index is 737. The second kappa shape index (κ2) is 11.3. The van der Waals surface area contributed by atoms with Crippen molar-refractivity contribution in [2.45, 2.75) is 38.8 Å². The second-order valence-electron chi connectivity index (χ2n) is 9.40. The molecule has 0 spiro atoms. The second-order valence-corrected chi connectivity index (χ2v) is 9.40. The number of nitrogens with zero attached hydrogens (tertiary/aromatic N) is 4. The lowest BCUT2D eigenvalue weighted by Crippen LogP contribution is -3.00. The van der Waals surface area contributed by atoms with Crippen molar-refractivity contribution < 1.29 is 56.9 Å². The van der Waals surface area contributed by atoms with Gasteiger partial charge in [0.25, 0.3) is 0 Å². The molecule has 0 bridgehead atoms. The van der Waals surface area contributed by atoms with E-state index in [9.17, 15) is 0 Å². The molecule has 0 aromatic heterocycles. The summed E-state index contributed by atoms with van der Waals surface area (Å²) in [6.45, 7) is 7.45. The molecule has 164 valence electrons. The van der Waals surface area contributed by atoms with Crippen LogP contribution in [-0.4, -0.2) is 49.2 Å². The molecule has 0 atom stereocenters. The number of halogens is 2. The standard InChI is InChI=1S/C24H34N4.2HI/c1-27(15-3-4-16-27)19-21-7-11-23(12-8-21)25-26-24-13-9-22(10-14-24)20-28(2)17-5-6-18-28;;/h7-14H,3-6,15-20H2,1-2H3;2*1H/q+2;;/p-2. The predicted octanol–water partition coefficient (Wildman–Crippen LogP) is -0.409. The molecule has 2 fully saturated rings. The van der Waals surface area contributed by atoms with Crippen molar-refractivity contribution in [2.75, 3.05) is 40.3 Å². The molecule has 0 N–H and O–H groups in total. The zero-order chi connectivity index (χ0) is 19.5. The molecule has 2 saturated heterocycles. The lowest BCUT2D eigenvalue weighted by molar-refractivity contribution is -0.910. The fourth-order valence-electron chi connectivity index (χ4n) is 4.85. The van der Waals surface area contributed by atoms with E-state index >= 15 is 0 Å². The molecule has 0 unspecified atom stereocenters. The summed E-state index contributed by atoms with van der Waals surface area (Å²) >= 11 is 0. The van der Waals surface area contributed by atoms with Gasteiger partial charge < -0.3 is 56.9 Å². The highest BCUT2D eigenvalue weighted by atomic mass is 127. The van der Waals surface area contributed by atoms with Gasteiger partial charge in [-0.2, -0.15) is 10.2 Å². The summed E-state index contributed by atoms with van der Waals surface area (Å²) in [7, 11) is 4.74. The van der Waals surface area contributed by atoms with Crippen molar-refractivity contribution in [1.82, 2.24) is 0 Å². The van der Waals surface area contributed by atoms with E-state index in [4.69, 9.17) is 0 Å². The Morgan fingerprint density at radius 3 is 1.17 bits per heavy atom. The number of likely N-dealkylation sites (tertiary alicyclic amines) is 2. The molecule has 0 amide bonds. The van der Waals surface area contributed by atoms with Gasteiger partial charge in [-0.25, -0.2) is 0 Å². The van der Waals surface area contributed by atoms with Crippen LogP contribution in [0.25, 0.3) is 0 Å². The fourth-order valence-corrected chi connectivity index (χ4v) is 4.85. The van der Waals surface area contributed by atoms with Crippen LogP contribution in [-0.2, 0) is 13.1 Å². The molecule has 2 aromatic carbocycles. The van der Waals surface area contributed by atoms with Crippen molar-refractivity contribution in [3.63, 3.8) is 0 Å². The van der Waals surface area contributed by atoms with Crippen LogP contribution in [0.5, 0.6) is 0 Å². The smallest absolute Gasteiger partial charge is 0.104 e. The fraction of sp³-hybridized carbons (Fsp3) is 0.500. The number of azo groups is 1. The third kappa shape index (κ3) is 6.97. The summed E-state index contributed by atoms with van der Waals surface area (Å²) in [4.78, 5) is 0. The third-order valence-corrected chi connectivity index (χ3v) is 6.57. The zero-order valence-corrected chi connectivity index (χ0v) is 22.5. The molecule has 2 aliphatic rings. The van der Waals surface area contributed by atoms with Crippen LogP contribution in [0.15, 0.2) is 58.8 Å². The van der Waals surface area contributed by atoms with Crippen molar-refractivity contribution in [3.8, 4) is 0 Å². The molecule has 2 aromatic rings. The van der Waals surface area contributed by atoms with Crippen LogP contribution in [0, 0.1) is 0 Å². The van der Waals surface area contributed by atoms with E-state index in [-0.39, 0.29) is 48.0 Å². The van der Waals surface area contributed by atoms with E-state index in [2.05, 4.69) is 72.9 Å². The largest absolute Gasteiger partial charge is 1.00 e. The van der Waals surface area contributed by atoms with E-state index in [1.807, 2.05) is 0 Å². The van der Waals surface area contributed by atoms with Crippen LogP contribution >= 0.6 is 0 Å². The Labute approximate surface area is 216 Å². The van der Waals surface area contributed by atoms with E-state index in [0.717, 1.165) is 24.5 Å². The van der Waals surface area contributed by atoms with Crippen LogP contribution in [0.2, 0.25) is 0 Å². The van der Waals surface area contributed by atoms with Crippen molar-refractivity contribution in [1.29, 1.82) is 0 Å². The average molecular weight is 632 g/mol. The first-order valence-corrected chi connectivity index (χ1v) is 10.8. The van der Waals surface area contributed by atoms with Gasteiger partial charge >= 0.3 is 0 Å². The molecule has 0 aliphatic carbocycles. The highest BCUT2D eigenvalue weighted by Crippen LogP contribution is 2.25. The van der Waals surface area contributed by atoms with Gasteiger partial charge in [0.05, 0.1) is 51.6 Å². The lowest BCUT2D eigenvalue weighted by atomic mass is 10.2. The van der Waals surface area contributed by atoms with E-state index in [1.165, 1.54) is 72.0 Å². The number of hydrogen-bond donors (Lipinski definition) is 0. The topological polar surface area (TPSA) is 24.7 Å². The highest BCUT2D eigenvalue weighted by Gasteiger charge is 2.27. The van der Waals surface area contributed by atoms with E-state index in [1.54, 1.807) is 0 Å². The SMILES string of the molecule is C[N+]1(Cc2ccc(N=Nc3ccc(C[N+]4(C)CCCC4)cc3)cc2)CCCC1.[I-].[I-]. The summed E-state index contributed by atoms with van der Waals surface area (Å²) in [5.74, 6) is 0. The number of quaternary nitrogens is 2. The van der Waals surface area contributed by atoms with Crippen molar-refractivity contribution in [3.05, 3.63) is 59.7 Å². The quantitative estimate of drug-likeness (QED) is 0.236. The van der Waals surface area contributed by atoms with Gasteiger partial charge in [0.2, 0.25) is 0 Å². The molecule has 4 nitrogen and oxygen atoms in total. The first kappa shape index (κ1) is 25.7. The minimum absolute atomic E-state index is 0. The molecule has 0 saturated carbocycles. The van der Waals surface area contributed by atoms with E-state index in [0.29, 0.717) is 0 Å². The molecule has 30 heavy (non-hydrogen) atoms. The first-order valence-electron chi connectivity index (χ1n) is 10.8. The minimum atomic E-state index is 0. The Balaban J connectivity index is 0.00000160. The Morgan fingerprint density at radius 1 is 0.567 bits per heavy atom. The maximum Gasteiger partial charge on any atom is 0.104 e. The number of hydrogen-bond acceptors (Lipinski definition) is 2. The monoisotopic (exact) mass is 632 g/mol. The molecule has 6 heteroatoms. The summed E-state index contributed by atoms with van der Waals surface area (Å²) in [6.07, 6.45) is 5.44. The molecule has 4 rings (SSSR count). The van der Waals surface area contributed by atoms with Crippen LogP contribution in [0.1, 0.15) is 36.8 Å². The summed E-state index contributed by atoms with van der Waals surface area (Å²) in [5.41, 5.74) is 4.64. The third-order valence-electron chi connectivity index (χ3n) is 6.57. The molecule has 0 radical (unpaired) electrons. The Morgan fingerprint density at radius 2 is 0.867 bits per heavy atom. The normalized spacial score (nSPS) is 19.4. The highest BCUT2D eigenvalue weighted by molar-refractivity contribution is 5.42. The zero-order valence-electron chi connectivity index (χ0n) is 18.2. The van der Waals surface area contributed by atoms with Gasteiger partial charge in [-0.15, -0.1) is 0 Å².